The standard InChI is InChI=1S/C23H20N6O4.2H2S/c1-23(32,19-14-25-29-27-19)20(22(31)28-33)26-21(30)17-10-6-15(7-11-17)4-2-3-5-16-8-12-18(24)13-9-16;;/h6-14,20,32-33H,24H2,1H3,(H,26,30)(H,28,31)(H,25,27,29);2*1H2/t20-,23-;;/m1../s1. The first-order valence-corrected chi connectivity index (χ1v) is 9.62. The Kier molecular flexibility index (Phi) is 10.9. The Morgan fingerprint density at radius 1 is 1.03 bits per heavy atom. The first kappa shape index (κ1) is 29.1. The maximum Gasteiger partial charge on any atom is 0.269 e. The molecule has 7 N–H and O–H groups in total. The summed E-state index contributed by atoms with van der Waals surface area (Å²) in [5.41, 5.74) is 7.38. The van der Waals surface area contributed by atoms with Gasteiger partial charge in [0.15, 0.2) is 0 Å². The maximum atomic E-state index is 12.6. The largest absolute Gasteiger partial charge is 0.399 e. The Hall–Kier alpha value is -3.94. The maximum absolute atomic E-state index is 12.6. The number of nitrogen functional groups attached to an aromatic ring is 1. The molecule has 0 unspecified atom stereocenters. The van der Waals surface area contributed by atoms with E-state index in [2.05, 4.69) is 44.4 Å². The molecule has 2 atom stereocenters. The van der Waals surface area contributed by atoms with Crippen LogP contribution in [-0.2, 0) is 10.4 Å². The molecule has 0 bridgehead atoms. The monoisotopic (exact) mass is 512 g/mol. The number of rotatable bonds is 5. The first-order chi connectivity index (χ1) is 15.8. The van der Waals surface area contributed by atoms with Gasteiger partial charge in [-0.1, -0.05) is 11.8 Å². The van der Waals surface area contributed by atoms with Crippen molar-refractivity contribution in [1.29, 1.82) is 0 Å². The van der Waals surface area contributed by atoms with Crippen LogP contribution in [-0.4, -0.2) is 43.6 Å². The van der Waals surface area contributed by atoms with Crippen molar-refractivity contribution in [2.75, 3.05) is 5.73 Å². The Balaban J connectivity index is 0.00000306. The summed E-state index contributed by atoms with van der Waals surface area (Å²) in [5, 5.41) is 31.8. The number of aromatic amines is 1. The van der Waals surface area contributed by atoms with E-state index in [1.165, 1.54) is 30.7 Å². The van der Waals surface area contributed by atoms with Gasteiger partial charge < -0.3 is 16.2 Å². The molecular formula is C23H24N6O4S2. The number of hydrogen-bond acceptors (Lipinski definition) is 7. The quantitative estimate of drug-likeness (QED) is 0.125. The highest BCUT2D eigenvalue weighted by Gasteiger charge is 2.42. The molecule has 12 heteroatoms. The van der Waals surface area contributed by atoms with Gasteiger partial charge in [-0.15, -0.1) is 0 Å². The minimum absolute atomic E-state index is 0. The SMILES string of the molecule is C[C@@](O)(c1cn[nH]n1)[C@H](NC(=O)c1ccc(C#CC#Cc2ccc(N)cc2)cc1)C(=O)NO.S.S. The van der Waals surface area contributed by atoms with Crippen LogP contribution in [0, 0.1) is 23.7 Å². The lowest BCUT2D eigenvalue weighted by Gasteiger charge is -2.30. The van der Waals surface area contributed by atoms with E-state index in [-0.39, 0.29) is 38.2 Å². The normalized spacial score (nSPS) is 12.0. The second-order valence-electron chi connectivity index (χ2n) is 7.08. The number of hydroxylamine groups is 1. The van der Waals surface area contributed by atoms with Crippen LogP contribution in [0.1, 0.15) is 34.1 Å². The molecule has 2 amide bonds. The lowest BCUT2D eigenvalue weighted by Crippen LogP contribution is -2.57. The summed E-state index contributed by atoms with van der Waals surface area (Å²) in [6.07, 6.45) is 1.20. The Bertz CT molecular complexity index is 1260. The Labute approximate surface area is 215 Å². The molecule has 3 aromatic rings. The molecule has 3 rings (SSSR count). The van der Waals surface area contributed by atoms with E-state index in [9.17, 15) is 14.7 Å². The molecule has 0 aliphatic heterocycles. The van der Waals surface area contributed by atoms with E-state index in [1.807, 2.05) is 0 Å². The van der Waals surface area contributed by atoms with Crippen molar-refractivity contribution >= 4 is 44.5 Å². The Morgan fingerprint density at radius 3 is 2.06 bits per heavy atom. The number of anilines is 1. The van der Waals surface area contributed by atoms with Gasteiger partial charge in [0.05, 0.1) is 6.20 Å². The zero-order valence-electron chi connectivity index (χ0n) is 18.5. The summed E-state index contributed by atoms with van der Waals surface area (Å²) in [4.78, 5) is 24.8. The summed E-state index contributed by atoms with van der Waals surface area (Å²) < 4.78 is 0. The van der Waals surface area contributed by atoms with Crippen molar-refractivity contribution in [2.24, 2.45) is 0 Å². The summed E-state index contributed by atoms with van der Waals surface area (Å²) >= 11 is 0. The molecule has 0 radical (unpaired) electrons. The molecule has 2 aromatic carbocycles. The fourth-order valence-electron chi connectivity index (χ4n) is 2.81. The van der Waals surface area contributed by atoms with Crippen molar-refractivity contribution in [3.05, 3.63) is 77.1 Å². The molecule has 0 aliphatic rings. The van der Waals surface area contributed by atoms with Crippen LogP contribution < -0.4 is 16.5 Å². The number of aliphatic hydroxyl groups is 1. The van der Waals surface area contributed by atoms with Gasteiger partial charge >= 0.3 is 0 Å². The lowest BCUT2D eigenvalue weighted by atomic mass is 9.92. The lowest BCUT2D eigenvalue weighted by molar-refractivity contribution is -0.138. The number of benzene rings is 2. The van der Waals surface area contributed by atoms with Crippen LogP contribution in [0.4, 0.5) is 5.69 Å². The number of hydrogen-bond donors (Lipinski definition) is 6. The predicted molar refractivity (Wildman–Crippen MR) is 139 cm³/mol. The highest BCUT2D eigenvalue weighted by Crippen LogP contribution is 2.22. The third kappa shape index (κ3) is 7.53. The fraction of sp³-hybridized carbons (Fsp3) is 0.130. The third-order valence-electron chi connectivity index (χ3n) is 4.68. The van der Waals surface area contributed by atoms with E-state index in [0.717, 1.165) is 5.56 Å². The number of amides is 2. The van der Waals surface area contributed by atoms with Gasteiger partial charge in [-0.05, 0) is 67.3 Å². The highest BCUT2D eigenvalue weighted by atomic mass is 32.1. The molecule has 0 saturated heterocycles. The van der Waals surface area contributed by atoms with Gasteiger partial charge in [0.25, 0.3) is 11.8 Å². The molecule has 1 aromatic heterocycles. The molecule has 0 aliphatic carbocycles. The van der Waals surface area contributed by atoms with Crippen molar-refractivity contribution in [1.82, 2.24) is 26.2 Å². The molecule has 10 nitrogen and oxygen atoms in total. The van der Waals surface area contributed by atoms with Gasteiger partial charge in [0.1, 0.15) is 17.3 Å². The van der Waals surface area contributed by atoms with E-state index >= 15 is 0 Å². The van der Waals surface area contributed by atoms with Gasteiger partial charge in [-0.2, -0.15) is 42.4 Å². The number of nitrogens with zero attached hydrogens (tertiary/aromatic N) is 2. The minimum Gasteiger partial charge on any atom is -0.399 e. The molecule has 0 saturated carbocycles. The highest BCUT2D eigenvalue weighted by molar-refractivity contribution is 7.59. The summed E-state index contributed by atoms with van der Waals surface area (Å²) in [6, 6.07) is 11.8. The molecule has 35 heavy (non-hydrogen) atoms. The van der Waals surface area contributed by atoms with E-state index in [4.69, 9.17) is 10.9 Å². The number of H-pyrrole nitrogens is 1. The van der Waals surface area contributed by atoms with Gasteiger partial charge in [-0.25, -0.2) is 5.48 Å². The van der Waals surface area contributed by atoms with Crippen LogP contribution in [0.25, 0.3) is 0 Å². The second kappa shape index (κ2) is 13.1. The Morgan fingerprint density at radius 2 is 1.57 bits per heavy atom. The summed E-state index contributed by atoms with van der Waals surface area (Å²) in [7, 11) is 0. The topological polar surface area (TPSA) is 166 Å². The predicted octanol–water partition coefficient (Wildman–Crippen LogP) is 0.527. The number of carbonyl (C=O) groups is 2. The molecule has 182 valence electrons. The summed E-state index contributed by atoms with van der Waals surface area (Å²) in [6.45, 7) is 1.26. The average molecular weight is 513 g/mol. The van der Waals surface area contributed by atoms with Crippen molar-refractivity contribution in [3.8, 4) is 23.7 Å². The van der Waals surface area contributed by atoms with Gasteiger partial charge in [-0.3, -0.25) is 14.8 Å². The van der Waals surface area contributed by atoms with Gasteiger partial charge in [0.2, 0.25) is 0 Å². The summed E-state index contributed by atoms with van der Waals surface area (Å²) in [5.74, 6) is 9.55. The van der Waals surface area contributed by atoms with Crippen LogP contribution in [0.3, 0.4) is 0 Å². The average Bonchev–Trinajstić information content (AvgIpc) is 3.37. The van der Waals surface area contributed by atoms with E-state index in [1.54, 1.807) is 36.4 Å². The van der Waals surface area contributed by atoms with Crippen molar-refractivity contribution in [2.45, 2.75) is 18.6 Å². The zero-order valence-corrected chi connectivity index (χ0v) is 20.5. The number of aromatic nitrogens is 3. The smallest absolute Gasteiger partial charge is 0.269 e. The number of nitrogens with two attached hydrogens (primary N) is 1. The fourth-order valence-corrected chi connectivity index (χ4v) is 2.81. The first-order valence-electron chi connectivity index (χ1n) is 9.62. The molecule has 0 fully saturated rings. The van der Waals surface area contributed by atoms with Crippen LogP contribution in [0.15, 0.2) is 54.7 Å². The van der Waals surface area contributed by atoms with E-state index < -0.39 is 23.5 Å². The molecule has 1 heterocycles. The minimum atomic E-state index is -1.95. The van der Waals surface area contributed by atoms with Crippen molar-refractivity contribution in [3.63, 3.8) is 0 Å². The van der Waals surface area contributed by atoms with Gasteiger partial charge in [0, 0.05) is 22.4 Å². The zero-order chi connectivity index (χ0) is 23.8. The van der Waals surface area contributed by atoms with Crippen molar-refractivity contribution < 1.29 is 19.9 Å². The molecule has 0 spiro atoms. The number of nitrogens with one attached hydrogen (secondary N) is 3. The van der Waals surface area contributed by atoms with E-state index in [0.29, 0.717) is 11.3 Å². The van der Waals surface area contributed by atoms with Crippen LogP contribution in [0.2, 0.25) is 0 Å². The molecular weight excluding hydrogens is 488 g/mol. The second-order valence-corrected chi connectivity index (χ2v) is 7.08. The van der Waals surface area contributed by atoms with Crippen LogP contribution in [0.5, 0.6) is 0 Å². The number of carbonyl (C=O) groups excluding carboxylic acids is 2. The van der Waals surface area contributed by atoms with Crippen LogP contribution >= 0.6 is 27.0 Å². The third-order valence-corrected chi connectivity index (χ3v) is 4.68.